The molecule has 0 fully saturated rings. The summed E-state index contributed by atoms with van der Waals surface area (Å²) in [7, 11) is 6.70. The van der Waals surface area contributed by atoms with Gasteiger partial charge in [-0.15, -0.1) is 0 Å². The van der Waals surface area contributed by atoms with Crippen LogP contribution in [0.3, 0.4) is 0 Å². The predicted molar refractivity (Wildman–Crippen MR) is 66.3 cm³/mol. The summed E-state index contributed by atoms with van der Waals surface area (Å²) < 4.78 is 0. The summed E-state index contributed by atoms with van der Waals surface area (Å²) in [6, 6.07) is 0. The van der Waals surface area contributed by atoms with Gasteiger partial charge in [-0.2, -0.15) is 0 Å². The van der Waals surface area contributed by atoms with Gasteiger partial charge in [0.05, 0.1) is 11.1 Å². The van der Waals surface area contributed by atoms with Crippen LogP contribution in [-0.4, -0.2) is 54.8 Å². The van der Waals surface area contributed by atoms with Gasteiger partial charge in [0.2, 0.25) is 0 Å². The molecule has 0 atom stereocenters. The van der Waals surface area contributed by atoms with Crippen LogP contribution in [0.4, 0.5) is 0 Å². The van der Waals surface area contributed by atoms with Gasteiger partial charge in [0.1, 0.15) is 0 Å². The number of aryl methyl sites for hydroxylation is 2. The first-order valence-electron chi connectivity index (χ1n) is 5.39. The molecule has 1 rings (SSSR count). The van der Waals surface area contributed by atoms with Crippen LogP contribution in [0.15, 0.2) is 0 Å². The average molecular weight is 237 g/mol. The SMILES string of the molecule is Cc1[nH]c(C)c(C(=O)N(C)C)c1C(=O)N(C)C. The van der Waals surface area contributed by atoms with E-state index in [0.717, 1.165) is 11.4 Å². The summed E-state index contributed by atoms with van der Waals surface area (Å²) in [6.07, 6.45) is 0. The molecular weight excluding hydrogens is 218 g/mol. The first kappa shape index (κ1) is 13.3. The lowest BCUT2D eigenvalue weighted by Crippen LogP contribution is -2.28. The minimum absolute atomic E-state index is 0.156. The highest BCUT2D eigenvalue weighted by Crippen LogP contribution is 2.20. The highest BCUT2D eigenvalue weighted by atomic mass is 16.2. The largest absolute Gasteiger partial charge is 0.361 e. The molecule has 0 spiro atoms. The zero-order valence-electron chi connectivity index (χ0n) is 11.2. The van der Waals surface area contributed by atoms with E-state index in [1.165, 1.54) is 9.80 Å². The molecule has 0 aliphatic carbocycles. The van der Waals surface area contributed by atoms with Crippen molar-refractivity contribution in [2.24, 2.45) is 0 Å². The first-order valence-corrected chi connectivity index (χ1v) is 5.39. The number of hydrogen-bond donors (Lipinski definition) is 1. The van der Waals surface area contributed by atoms with E-state index in [-0.39, 0.29) is 11.8 Å². The second kappa shape index (κ2) is 4.61. The maximum atomic E-state index is 12.1. The van der Waals surface area contributed by atoms with E-state index in [9.17, 15) is 9.59 Å². The Bertz CT molecular complexity index is 418. The van der Waals surface area contributed by atoms with Crippen LogP contribution in [0.25, 0.3) is 0 Å². The minimum atomic E-state index is -0.156. The van der Waals surface area contributed by atoms with Crippen molar-refractivity contribution in [3.63, 3.8) is 0 Å². The number of hydrogen-bond acceptors (Lipinski definition) is 2. The molecular formula is C12H19N3O2. The lowest BCUT2D eigenvalue weighted by Gasteiger charge is -2.14. The second-order valence-corrected chi connectivity index (χ2v) is 4.52. The van der Waals surface area contributed by atoms with Crippen molar-refractivity contribution < 1.29 is 9.59 Å². The van der Waals surface area contributed by atoms with Crippen LogP contribution < -0.4 is 0 Å². The van der Waals surface area contributed by atoms with E-state index in [1.807, 2.05) is 0 Å². The Morgan fingerprint density at radius 3 is 1.35 bits per heavy atom. The standard InChI is InChI=1S/C12H19N3O2/c1-7-9(11(16)14(3)4)10(8(2)13-7)12(17)15(5)6/h13H,1-6H3. The predicted octanol–water partition coefficient (Wildman–Crippen LogP) is 1.04. The summed E-state index contributed by atoms with van der Waals surface area (Å²) in [5, 5.41) is 0. The van der Waals surface area contributed by atoms with Gasteiger partial charge in [-0.05, 0) is 13.8 Å². The molecule has 5 heteroatoms. The van der Waals surface area contributed by atoms with E-state index < -0.39 is 0 Å². The number of aromatic amines is 1. The highest BCUT2D eigenvalue weighted by Gasteiger charge is 2.26. The van der Waals surface area contributed by atoms with Gasteiger partial charge in [-0.25, -0.2) is 0 Å². The zero-order chi connectivity index (χ0) is 13.3. The van der Waals surface area contributed by atoms with Crippen LogP contribution in [0.5, 0.6) is 0 Å². The molecule has 1 heterocycles. The third-order valence-electron chi connectivity index (χ3n) is 2.62. The fourth-order valence-electron chi connectivity index (χ4n) is 1.76. The van der Waals surface area contributed by atoms with Crippen LogP contribution in [0.1, 0.15) is 32.1 Å². The number of aromatic nitrogens is 1. The maximum absolute atomic E-state index is 12.1. The Kier molecular flexibility index (Phi) is 3.60. The molecule has 17 heavy (non-hydrogen) atoms. The molecule has 0 bridgehead atoms. The van der Waals surface area contributed by atoms with Gasteiger partial charge in [0.15, 0.2) is 0 Å². The van der Waals surface area contributed by atoms with Crippen molar-refractivity contribution in [3.05, 3.63) is 22.5 Å². The van der Waals surface area contributed by atoms with Crippen LogP contribution in [0, 0.1) is 13.8 Å². The number of H-pyrrole nitrogens is 1. The minimum Gasteiger partial charge on any atom is -0.361 e. The van der Waals surface area contributed by atoms with Gasteiger partial charge in [0, 0.05) is 39.6 Å². The zero-order valence-corrected chi connectivity index (χ0v) is 11.2. The summed E-state index contributed by atoms with van der Waals surface area (Å²) in [5.41, 5.74) is 2.38. The molecule has 0 saturated heterocycles. The Hall–Kier alpha value is -1.78. The van der Waals surface area contributed by atoms with E-state index in [4.69, 9.17) is 0 Å². The maximum Gasteiger partial charge on any atom is 0.255 e. The normalized spacial score (nSPS) is 10.2. The van der Waals surface area contributed by atoms with Crippen molar-refractivity contribution in [2.45, 2.75) is 13.8 Å². The Balaban J connectivity index is 3.39. The lowest BCUT2D eigenvalue weighted by molar-refractivity contribution is 0.0790. The van der Waals surface area contributed by atoms with Crippen molar-refractivity contribution >= 4 is 11.8 Å². The lowest BCUT2D eigenvalue weighted by atomic mass is 10.1. The fourth-order valence-corrected chi connectivity index (χ4v) is 1.76. The number of nitrogens with one attached hydrogen (secondary N) is 1. The van der Waals surface area contributed by atoms with Crippen molar-refractivity contribution in [3.8, 4) is 0 Å². The summed E-state index contributed by atoms with van der Waals surface area (Å²) in [6.45, 7) is 3.60. The van der Waals surface area contributed by atoms with Crippen molar-refractivity contribution in [1.82, 2.24) is 14.8 Å². The highest BCUT2D eigenvalue weighted by molar-refractivity contribution is 6.08. The van der Waals surface area contributed by atoms with Gasteiger partial charge in [0.25, 0.3) is 11.8 Å². The van der Waals surface area contributed by atoms with Crippen molar-refractivity contribution in [1.29, 1.82) is 0 Å². The number of amides is 2. The molecule has 1 aromatic rings. The Morgan fingerprint density at radius 1 is 0.824 bits per heavy atom. The fraction of sp³-hybridized carbons (Fsp3) is 0.500. The first-order chi connectivity index (χ1) is 7.77. The number of rotatable bonds is 2. The monoisotopic (exact) mass is 237 g/mol. The average Bonchev–Trinajstić information content (AvgIpc) is 2.50. The molecule has 5 nitrogen and oxygen atoms in total. The summed E-state index contributed by atoms with van der Waals surface area (Å²) >= 11 is 0. The van der Waals surface area contributed by atoms with E-state index in [1.54, 1.807) is 42.0 Å². The summed E-state index contributed by atoms with van der Waals surface area (Å²) in [4.78, 5) is 30.1. The smallest absolute Gasteiger partial charge is 0.255 e. The van der Waals surface area contributed by atoms with Crippen LogP contribution in [-0.2, 0) is 0 Å². The number of carbonyl (C=O) groups is 2. The van der Waals surface area contributed by atoms with E-state index in [0.29, 0.717) is 11.1 Å². The van der Waals surface area contributed by atoms with Gasteiger partial charge in [-0.3, -0.25) is 9.59 Å². The van der Waals surface area contributed by atoms with E-state index >= 15 is 0 Å². The van der Waals surface area contributed by atoms with Gasteiger partial charge in [-0.1, -0.05) is 0 Å². The number of carbonyl (C=O) groups excluding carboxylic acids is 2. The Morgan fingerprint density at radius 2 is 1.12 bits per heavy atom. The molecule has 0 aliphatic heterocycles. The molecule has 0 aliphatic rings. The van der Waals surface area contributed by atoms with Crippen LogP contribution >= 0.6 is 0 Å². The summed E-state index contributed by atoms with van der Waals surface area (Å²) in [5.74, 6) is -0.311. The molecule has 0 unspecified atom stereocenters. The molecule has 0 aromatic carbocycles. The molecule has 1 aromatic heterocycles. The van der Waals surface area contributed by atoms with E-state index in [2.05, 4.69) is 4.98 Å². The van der Waals surface area contributed by atoms with Gasteiger partial charge < -0.3 is 14.8 Å². The topological polar surface area (TPSA) is 56.4 Å². The Labute approximate surface area is 101 Å². The molecule has 94 valence electrons. The van der Waals surface area contributed by atoms with Gasteiger partial charge >= 0.3 is 0 Å². The molecule has 0 radical (unpaired) electrons. The molecule has 1 N–H and O–H groups in total. The molecule has 2 amide bonds. The third-order valence-corrected chi connectivity index (χ3v) is 2.62. The number of nitrogens with zero attached hydrogens (tertiary/aromatic N) is 2. The quantitative estimate of drug-likeness (QED) is 0.835. The second-order valence-electron chi connectivity index (χ2n) is 4.52. The molecule has 0 saturated carbocycles. The van der Waals surface area contributed by atoms with Crippen molar-refractivity contribution in [2.75, 3.05) is 28.2 Å². The third kappa shape index (κ3) is 2.33. The van der Waals surface area contributed by atoms with Crippen LogP contribution in [0.2, 0.25) is 0 Å².